The van der Waals surface area contributed by atoms with E-state index >= 15 is 0 Å². The summed E-state index contributed by atoms with van der Waals surface area (Å²) in [6, 6.07) is 0.534. The van der Waals surface area contributed by atoms with E-state index in [2.05, 4.69) is 19.2 Å². The molecular weight excluding hydrogens is 188 g/mol. The first-order chi connectivity index (χ1) is 7.00. The van der Waals surface area contributed by atoms with Crippen LogP contribution in [0.5, 0.6) is 0 Å². The molecular formula is C12H24N2O. The Bertz CT molecular complexity index is 208. The fraction of sp³-hybridized carbons (Fsp3) is 0.917. The number of nitrogens with one attached hydrogen (secondary N) is 1. The molecule has 0 aromatic carbocycles. The van der Waals surface area contributed by atoms with Crippen molar-refractivity contribution in [3.05, 3.63) is 0 Å². The molecule has 15 heavy (non-hydrogen) atoms. The third kappa shape index (κ3) is 3.82. The Morgan fingerprint density at radius 1 is 1.33 bits per heavy atom. The lowest BCUT2D eigenvalue weighted by Gasteiger charge is -2.40. The summed E-state index contributed by atoms with van der Waals surface area (Å²) in [6.45, 7) is 11.3. The van der Waals surface area contributed by atoms with Crippen LogP contribution in [0.15, 0.2) is 0 Å². The van der Waals surface area contributed by atoms with Gasteiger partial charge in [0.15, 0.2) is 0 Å². The van der Waals surface area contributed by atoms with Crippen LogP contribution in [0.1, 0.15) is 34.1 Å². The number of carbonyl (C=O) groups excluding carboxylic acids is 1. The number of amides is 1. The van der Waals surface area contributed by atoms with Crippen molar-refractivity contribution in [3.63, 3.8) is 0 Å². The smallest absolute Gasteiger partial charge is 0.225 e. The molecule has 0 aromatic rings. The second-order valence-corrected chi connectivity index (χ2v) is 5.23. The lowest BCUT2D eigenvalue weighted by atomic mass is 10.0. The van der Waals surface area contributed by atoms with Crippen LogP contribution in [0.4, 0.5) is 0 Å². The topological polar surface area (TPSA) is 32.3 Å². The summed E-state index contributed by atoms with van der Waals surface area (Å²) in [5.41, 5.74) is 0. The molecule has 1 aliphatic heterocycles. The van der Waals surface area contributed by atoms with Crippen LogP contribution in [-0.2, 0) is 4.79 Å². The van der Waals surface area contributed by atoms with Gasteiger partial charge in [0.1, 0.15) is 0 Å². The van der Waals surface area contributed by atoms with Gasteiger partial charge in [-0.25, -0.2) is 0 Å². The molecule has 0 unspecified atom stereocenters. The van der Waals surface area contributed by atoms with Crippen LogP contribution in [0, 0.1) is 11.8 Å². The van der Waals surface area contributed by atoms with Gasteiger partial charge in [0, 0.05) is 25.0 Å². The number of likely N-dealkylation sites (tertiary alicyclic amines) is 1. The molecule has 0 spiro atoms. The van der Waals surface area contributed by atoms with Crippen LogP contribution in [0.2, 0.25) is 0 Å². The van der Waals surface area contributed by atoms with Crippen LogP contribution < -0.4 is 5.32 Å². The lowest BCUT2D eigenvalue weighted by molar-refractivity contribution is -0.139. The Morgan fingerprint density at radius 2 is 1.93 bits per heavy atom. The molecule has 1 heterocycles. The van der Waals surface area contributed by atoms with Gasteiger partial charge in [0.25, 0.3) is 0 Å². The summed E-state index contributed by atoms with van der Waals surface area (Å²) in [4.78, 5) is 13.5. The van der Waals surface area contributed by atoms with Gasteiger partial charge in [0.2, 0.25) is 5.91 Å². The van der Waals surface area contributed by atoms with E-state index in [1.165, 1.54) is 6.42 Å². The van der Waals surface area contributed by atoms with Crippen LogP contribution in [0.25, 0.3) is 0 Å². The minimum Gasteiger partial charge on any atom is -0.339 e. The zero-order chi connectivity index (χ0) is 11.4. The normalized spacial score (nSPS) is 17.3. The number of rotatable bonds is 5. The van der Waals surface area contributed by atoms with Crippen LogP contribution in [-0.4, -0.2) is 36.5 Å². The Hall–Kier alpha value is -0.570. The molecule has 1 aliphatic rings. The summed E-state index contributed by atoms with van der Waals surface area (Å²) in [5, 5.41) is 3.48. The van der Waals surface area contributed by atoms with Crippen molar-refractivity contribution in [1.82, 2.24) is 10.2 Å². The highest BCUT2D eigenvalue weighted by atomic mass is 16.2. The maximum atomic E-state index is 11.6. The van der Waals surface area contributed by atoms with Gasteiger partial charge in [-0.1, -0.05) is 27.7 Å². The predicted molar refractivity (Wildman–Crippen MR) is 62.7 cm³/mol. The Labute approximate surface area is 93.2 Å². The third-order valence-electron chi connectivity index (χ3n) is 2.84. The molecule has 1 rings (SSSR count). The first kappa shape index (κ1) is 12.5. The van der Waals surface area contributed by atoms with Gasteiger partial charge in [-0.3, -0.25) is 4.79 Å². The highest BCUT2D eigenvalue weighted by molar-refractivity contribution is 5.79. The first-order valence-electron chi connectivity index (χ1n) is 6.03. The molecule has 0 aromatic heterocycles. The average Bonchev–Trinajstić information content (AvgIpc) is 2.07. The maximum absolute atomic E-state index is 11.6. The summed E-state index contributed by atoms with van der Waals surface area (Å²) in [5.74, 6) is 1.18. The van der Waals surface area contributed by atoms with Gasteiger partial charge < -0.3 is 10.2 Å². The van der Waals surface area contributed by atoms with Gasteiger partial charge in [-0.15, -0.1) is 0 Å². The summed E-state index contributed by atoms with van der Waals surface area (Å²) < 4.78 is 0. The maximum Gasteiger partial charge on any atom is 0.225 e. The van der Waals surface area contributed by atoms with Crippen molar-refractivity contribution in [1.29, 1.82) is 0 Å². The number of hydrogen-bond acceptors (Lipinski definition) is 2. The monoisotopic (exact) mass is 212 g/mol. The SMILES string of the molecule is CC(C)CCNC1CN(C(=O)C(C)C)C1. The van der Waals surface area contributed by atoms with E-state index in [0.717, 1.165) is 25.6 Å². The van der Waals surface area contributed by atoms with E-state index in [-0.39, 0.29) is 11.8 Å². The molecule has 1 N–H and O–H groups in total. The molecule has 0 aliphatic carbocycles. The van der Waals surface area contributed by atoms with E-state index in [0.29, 0.717) is 6.04 Å². The highest BCUT2D eigenvalue weighted by Gasteiger charge is 2.30. The third-order valence-corrected chi connectivity index (χ3v) is 2.84. The summed E-state index contributed by atoms with van der Waals surface area (Å²) >= 11 is 0. The van der Waals surface area contributed by atoms with Crippen LogP contribution in [0.3, 0.4) is 0 Å². The summed E-state index contributed by atoms with van der Waals surface area (Å²) in [6.07, 6.45) is 1.22. The molecule has 0 radical (unpaired) electrons. The quantitative estimate of drug-likeness (QED) is 0.749. The standard InChI is InChI=1S/C12H24N2O/c1-9(2)5-6-13-11-7-14(8-11)12(15)10(3)4/h9-11,13H,5-8H2,1-4H3. The Balaban J connectivity index is 2.07. The van der Waals surface area contributed by atoms with E-state index in [1.54, 1.807) is 0 Å². The van der Waals surface area contributed by atoms with Gasteiger partial charge in [-0.05, 0) is 18.9 Å². The first-order valence-corrected chi connectivity index (χ1v) is 6.03. The van der Waals surface area contributed by atoms with E-state index in [9.17, 15) is 4.79 Å². The predicted octanol–water partition coefficient (Wildman–Crippen LogP) is 1.49. The van der Waals surface area contributed by atoms with Crippen molar-refractivity contribution >= 4 is 5.91 Å². The second kappa shape index (κ2) is 5.50. The van der Waals surface area contributed by atoms with Crippen molar-refractivity contribution < 1.29 is 4.79 Å². The molecule has 0 bridgehead atoms. The molecule has 3 heteroatoms. The largest absolute Gasteiger partial charge is 0.339 e. The molecule has 0 atom stereocenters. The fourth-order valence-electron chi connectivity index (χ4n) is 1.73. The molecule has 3 nitrogen and oxygen atoms in total. The van der Waals surface area contributed by atoms with Crippen molar-refractivity contribution in [2.24, 2.45) is 11.8 Å². The minimum atomic E-state index is 0.140. The van der Waals surface area contributed by atoms with Gasteiger partial charge in [-0.2, -0.15) is 0 Å². The zero-order valence-electron chi connectivity index (χ0n) is 10.4. The van der Waals surface area contributed by atoms with Gasteiger partial charge in [0.05, 0.1) is 0 Å². The number of hydrogen-bond donors (Lipinski definition) is 1. The number of carbonyl (C=O) groups is 1. The van der Waals surface area contributed by atoms with E-state index in [4.69, 9.17) is 0 Å². The van der Waals surface area contributed by atoms with Gasteiger partial charge >= 0.3 is 0 Å². The average molecular weight is 212 g/mol. The Kier molecular flexibility index (Phi) is 4.58. The van der Waals surface area contributed by atoms with E-state index < -0.39 is 0 Å². The molecule has 1 fully saturated rings. The lowest BCUT2D eigenvalue weighted by Crippen LogP contribution is -2.60. The van der Waals surface area contributed by atoms with E-state index in [1.807, 2.05) is 18.7 Å². The van der Waals surface area contributed by atoms with Crippen molar-refractivity contribution in [2.45, 2.75) is 40.2 Å². The summed E-state index contributed by atoms with van der Waals surface area (Å²) in [7, 11) is 0. The Morgan fingerprint density at radius 3 is 2.40 bits per heavy atom. The minimum absolute atomic E-state index is 0.140. The van der Waals surface area contributed by atoms with Crippen molar-refractivity contribution in [3.8, 4) is 0 Å². The molecule has 0 saturated carbocycles. The molecule has 1 saturated heterocycles. The molecule has 88 valence electrons. The fourth-order valence-corrected chi connectivity index (χ4v) is 1.73. The zero-order valence-corrected chi connectivity index (χ0v) is 10.4. The highest BCUT2D eigenvalue weighted by Crippen LogP contribution is 2.12. The van der Waals surface area contributed by atoms with Crippen molar-refractivity contribution in [2.75, 3.05) is 19.6 Å². The van der Waals surface area contributed by atoms with Crippen LogP contribution >= 0.6 is 0 Å². The second-order valence-electron chi connectivity index (χ2n) is 5.23. The number of nitrogens with zero attached hydrogens (tertiary/aromatic N) is 1. The molecule has 1 amide bonds.